The molecule has 1 aliphatic rings. The number of likely N-dealkylation sites (tertiary alicyclic amines) is 1. The highest BCUT2D eigenvalue weighted by Gasteiger charge is 2.39. The molecule has 0 radical (unpaired) electrons. The van der Waals surface area contributed by atoms with Crippen molar-refractivity contribution in [1.82, 2.24) is 4.90 Å². The van der Waals surface area contributed by atoms with E-state index in [0.717, 1.165) is 4.90 Å². The number of halogens is 1. The van der Waals surface area contributed by atoms with E-state index in [-0.39, 0.29) is 18.7 Å². The highest BCUT2D eigenvalue weighted by atomic mass is 19.1. The predicted molar refractivity (Wildman–Crippen MR) is 64.2 cm³/mol. The summed E-state index contributed by atoms with van der Waals surface area (Å²) < 4.78 is 13.4. The van der Waals surface area contributed by atoms with Gasteiger partial charge in [-0.15, -0.1) is 0 Å². The molecule has 7 heteroatoms. The first-order valence-corrected chi connectivity index (χ1v) is 5.72. The first-order chi connectivity index (χ1) is 8.99. The molecule has 1 heterocycles. The zero-order chi connectivity index (χ0) is 14.0. The number of β-amino-alcohol motifs (C(OH)–C–C–N with tert-alkyl or cyclic N) is 1. The van der Waals surface area contributed by atoms with Crippen LogP contribution in [0.2, 0.25) is 0 Å². The first-order valence-electron chi connectivity index (χ1n) is 5.72. The number of rotatable bonds is 2. The molecule has 1 aliphatic heterocycles. The summed E-state index contributed by atoms with van der Waals surface area (Å²) in [6.45, 7) is -0.0861. The van der Waals surface area contributed by atoms with E-state index >= 15 is 0 Å². The molecule has 6 nitrogen and oxygen atoms in total. The van der Waals surface area contributed by atoms with E-state index in [4.69, 9.17) is 5.11 Å². The summed E-state index contributed by atoms with van der Waals surface area (Å²) in [5.41, 5.74) is -0.0296. The second-order valence-electron chi connectivity index (χ2n) is 4.31. The molecule has 2 amide bonds. The Hall–Kier alpha value is -2.15. The van der Waals surface area contributed by atoms with Crippen molar-refractivity contribution >= 4 is 17.7 Å². The Balaban J connectivity index is 2.11. The van der Waals surface area contributed by atoms with Gasteiger partial charge in [0.05, 0.1) is 11.8 Å². The van der Waals surface area contributed by atoms with Crippen LogP contribution in [0.4, 0.5) is 14.9 Å². The fourth-order valence-corrected chi connectivity index (χ4v) is 2.02. The van der Waals surface area contributed by atoms with Gasteiger partial charge in [-0.25, -0.2) is 14.0 Å². The number of aliphatic hydroxyl groups is 1. The molecule has 19 heavy (non-hydrogen) atoms. The molecule has 0 aliphatic carbocycles. The van der Waals surface area contributed by atoms with Gasteiger partial charge in [-0.2, -0.15) is 0 Å². The number of aliphatic hydroxyl groups excluding tert-OH is 1. The van der Waals surface area contributed by atoms with Crippen molar-refractivity contribution in [2.24, 2.45) is 0 Å². The zero-order valence-electron chi connectivity index (χ0n) is 9.91. The van der Waals surface area contributed by atoms with Crippen molar-refractivity contribution in [2.45, 2.75) is 18.6 Å². The van der Waals surface area contributed by atoms with Gasteiger partial charge in [0.15, 0.2) is 0 Å². The van der Waals surface area contributed by atoms with Crippen molar-refractivity contribution in [3.8, 4) is 0 Å². The summed E-state index contributed by atoms with van der Waals surface area (Å²) >= 11 is 0. The summed E-state index contributed by atoms with van der Waals surface area (Å²) in [5.74, 6) is -1.80. The Kier molecular flexibility index (Phi) is 3.66. The van der Waals surface area contributed by atoms with Gasteiger partial charge in [0.2, 0.25) is 0 Å². The predicted octanol–water partition coefficient (Wildman–Crippen LogP) is 0.877. The molecule has 0 saturated carbocycles. The van der Waals surface area contributed by atoms with Crippen LogP contribution in [0.5, 0.6) is 0 Å². The zero-order valence-corrected chi connectivity index (χ0v) is 9.91. The van der Waals surface area contributed by atoms with E-state index in [0.29, 0.717) is 0 Å². The lowest BCUT2D eigenvalue weighted by molar-refractivity contribution is -0.141. The Morgan fingerprint density at radius 3 is 2.68 bits per heavy atom. The molecule has 2 atom stereocenters. The summed E-state index contributed by atoms with van der Waals surface area (Å²) in [7, 11) is 0. The number of aliphatic carboxylic acids is 1. The number of carbonyl (C=O) groups excluding carboxylic acids is 1. The minimum absolute atomic E-state index is 0.0278. The molecule has 102 valence electrons. The maximum Gasteiger partial charge on any atom is 0.326 e. The van der Waals surface area contributed by atoms with Crippen LogP contribution in [0.1, 0.15) is 6.42 Å². The second-order valence-corrected chi connectivity index (χ2v) is 4.31. The normalized spacial score (nSPS) is 22.3. The lowest BCUT2D eigenvalue weighted by Crippen LogP contribution is -2.43. The van der Waals surface area contributed by atoms with Gasteiger partial charge < -0.3 is 20.4 Å². The maximum atomic E-state index is 13.4. The van der Waals surface area contributed by atoms with E-state index in [1.165, 1.54) is 18.2 Å². The molecular weight excluding hydrogens is 255 g/mol. The molecule has 1 fully saturated rings. The van der Waals surface area contributed by atoms with Crippen LogP contribution in [0, 0.1) is 5.82 Å². The number of carbonyl (C=O) groups is 2. The van der Waals surface area contributed by atoms with E-state index in [1.807, 2.05) is 0 Å². The number of carboxylic acids is 1. The maximum absolute atomic E-state index is 13.4. The van der Waals surface area contributed by atoms with Gasteiger partial charge in [-0.1, -0.05) is 12.1 Å². The smallest absolute Gasteiger partial charge is 0.326 e. The van der Waals surface area contributed by atoms with Crippen LogP contribution in [0.25, 0.3) is 0 Å². The van der Waals surface area contributed by atoms with Crippen molar-refractivity contribution in [3.05, 3.63) is 30.1 Å². The van der Waals surface area contributed by atoms with Crippen LogP contribution in [-0.4, -0.2) is 45.8 Å². The van der Waals surface area contributed by atoms with Crippen LogP contribution in [0.3, 0.4) is 0 Å². The standard InChI is InChI=1S/C12H13FN2O4/c13-8-3-1-2-4-9(8)14-12(19)15-6-7(16)5-10(15)11(17)18/h1-4,7,10,16H,5-6H2,(H,14,19)(H,17,18)/t7-,10-/m0/s1. The van der Waals surface area contributed by atoms with Crippen molar-refractivity contribution < 1.29 is 24.2 Å². The monoisotopic (exact) mass is 268 g/mol. The summed E-state index contributed by atoms with van der Waals surface area (Å²) in [4.78, 5) is 23.9. The largest absolute Gasteiger partial charge is 0.480 e. The van der Waals surface area contributed by atoms with Gasteiger partial charge in [-0.05, 0) is 12.1 Å². The topological polar surface area (TPSA) is 89.9 Å². The van der Waals surface area contributed by atoms with Gasteiger partial charge >= 0.3 is 12.0 Å². The van der Waals surface area contributed by atoms with E-state index in [9.17, 15) is 19.1 Å². The third-order valence-electron chi connectivity index (χ3n) is 2.94. The number of hydrogen-bond acceptors (Lipinski definition) is 3. The molecular formula is C12H13FN2O4. The number of benzene rings is 1. The minimum atomic E-state index is -1.19. The van der Waals surface area contributed by atoms with Gasteiger partial charge in [-0.3, -0.25) is 0 Å². The average molecular weight is 268 g/mol. The van der Waals surface area contributed by atoms with E-state index in [2.05, 4.69) is 5.32 Å². The van der Waals surface area contributed by atoms with E-state index in [1.54, 1.807) is 6.07 Å². The van der Waals surface area contributed by atoms with Crippen LogP contribution in [0.15, 0.2) is 24.3 Å². The second kappa shape index (κ2) is 5.23. The molecule has 0 spiro atoms. The van der Waals surface area contributed by atoms with Crippen molar-refractivity contribution in [1.29, 1.82) is 0 Å². The van der Waals surface area contributed by atoms with E-state index < -0.39 is 30.0 Å². The van der Waals surface area contributed by atoms with Crippen LogP contribution >= 0.6 is 0 Å². The molecule has 0 unspecified atom stereocenters. The quantitative estimate of drug-likeness (QED) is 0.742. The number of carboxylic acid groups (broad SMARTS) is 1. The number of para-hydroxylation sites is 1. The lowest BCUT2D eigenvalue weighted by atomic mass is 10.2. The fraction of sp³-hybridized carbons (Fsp3) is 0.333. The fourth-order valence-electron chi connectivity index (χ4n) is 2.02. The Morgan fingerprint density at radius 2 is 2.05 bits per heavy atom. The lowest BCUT2D eigenvalue weighted by Gasteiger charge is -2.21. The molecule has 2 rings (SSSR count). The minimum Gasteiger partial charge on any atom is -0.480 e. The van der Waals surface area contributed by atoms with Crippen molar-refractivity contribution in [2.75, 3.05) is 11.9 Å². The molecule has 0 aromatic heterocycles. The Morgan fingerprint density at radius 1 is 1.37 bits per heavy atom. The Bertz CT molecular complexity index is 508. The van der Waals surface area contributed by atoms with Gasteiger partial charge in [0, 0.05) is 13.0 Å². The number of nitrogens with one attached hydrogen (secondary N) is 1. The number of hydrogen-bond donors (Lipinski definition) is 3. The first kappa shape index (κ1) is 13.3. The van der Waals surface area contributed by atoms with Gasteiger partial charge in [0.1, 0.15) is 11.9 Å². The molecule has 3 N–H and O–H groups in total. The molecule has 1 aromatic rings. The SMILES string of the molecule is O=C(O)[C@@H]1C[C@H](O)CN1C(=O)Nc1ccccc1F. The number of amides is 2. The summed E-state index contributed by atoms with van der Waals surface area (Å²) in [6.07, 6.45) is -0.910. The molecule has 1 aromatic carbocycles. The highest BCUT2D eigenvalue weighted by molar-refractivity contribution is 5.92. The summed E-state index contributed by atoms with van der Waals surface area (Å²) in [6, 6.07) is 3.74. The van der Waals surface area contributed by atoms with Gasteiger partial charge in [0.25, 0.3) is 0 Å². The molecule has 1 saturated heterocycles. The highest BCUT2D eigenvalue weighted by Crippen LogP contribution is 2.20. The third-order valence-corrected chi connectivity index (χ3v) is 2.94. The van der Waals surface area contributed by atoms with Crippen LogP contribution < -0.4 is 5.32 Å². The van der Waals surface area contributed by atoms with Crippen molar-refractivity contribution in [3.63, 3.8) is 0 Å². The average Bonchev–Trinajstić information content (AvgIpc) is 2.74. The molecule has 0 bridgehead atoms. The van der Waals surface area contributed by atoms with Crippen LogP contribution in [-0.2, 0) is 4.79 Å². The summed E-state index contributed by atoms with van der Waals surface area (Å²) in [5, 5.41) is 20.7. The number of anilines is 1. The Labute approximate surface area is 108 Å². The third kappa shape index (κ3) is 2.82. The number of nitrogens with zero attached hydrogens (tertiary/aromatic N) is 1. The number of urea groups is 1.